The summed E-state index contributed by atoms with van der Waals surface area (Å²) in [5.74, 6) is -0.897. The highest BCUT2D eigenvalue weighted by Crippen LogP contribution is 2.34. The predicted molar refractivity (Wildman–Crippen MR) is 122 cm³/mol. The standard InChI is InChI=1S/C23H26N4O5S/c24-17-18-1-3-19(4-2-18)20-5-7-21(8-6-20)26-11-13-27(14-12-26)33(30,31)23(22(28)25-29)9-15-32-16-10-23/h1-8,29H,9-16H2,(H,25,28). The minimum absolute atomic E-state index is 0.0126. The molecule has 2 saturated heterocycles. The summed E-state index contributed by atoms with van der Waals surface area (Å²) in [6.45, 7) is 1.78. The summed E-state index contributed by atoms with van der Waals surface area (Å²) in [6.07, 6.45) is 0.0253. The van der Waals surface area contributed by atoms with Gasteiger partial charge in [0.05, 0.1) is 11.6 Å². The molecule has 4 rings (SSSR count). The molecule has 0 atom stereocenters. The van der Waals surface area contributed by atoms with Crippen LogP contribution in [0.3, 0.4) is 0 Å². The molecular formula is C23H26N4O5S. The third-order valence-corrected chi connectivity index (χ3v) is 9.09. The molecule has 10 heteroatoms. The Hall–Kier alpha value is -2.97. The lowest BCUT2D eigenvalue weighted by Crippen LogP contribution is -2.62. The fraction of sp³-hybridized carbons (Fsp3) is 0.391. The van der Waals surface area contributed by atoms with Crippen LogP contribution < -0.4 is 10.4 Å². The Kier molecular flexibility index (Phi) is 6.67. The van der Waals surface area contributed by atoms with E-state index < -0.39 is 20.7 Å². The molecule has 0 radical (unpaired) electrons. The van der Waals surface area contributed by atoms with Crippen LogP contribution in [0, 0.1) is 11.3 Å². The third-order valence-electron chi connectivity index (χ3n) is 6.47. The fourth-order valence-electron chi connectivity index (χ4n) is 4.44. The van der Waals surface area contributed by atoms with E-state index in [1.54, 1.807) is 17.6 Å². The number of hydroxylamine groups is 1. The Bertz CT molecular complexity index is 1130. The number of rotatable bonds is 5. The number of carbonyl (C=O) groups is 1. The number of carbonyl (C=O) groups excluding carboxylic acids is 1. The normalized spacial score (nSPS) is 19.0. The van der Waals surface area contributed by atoms with Gasteiger partial charge in [-0.05, 0) is 35.4 Å². The second-order valence-electron chi connectivity index (χ2n) is 8.17. The van der Waals surface area contributed by atoms with E-state index >= 15 is 0 Å². The lowest BCUT2D eigenvalue weighted by molar-refractivity contribution is -0.134. The molecule has 2 aromatic carbocycles. The zero-order chi connectivity index (χ0) is 23.5. The smallest absolute Gasteiger partial charge is 0.266 e. The van der Waals surface area contributed by atoms with Crippen molar-refractivity contribution >= 4 is 21.6 Å². The summed E-state index contributed by atoms with van der Waals surface area (Å²) < 4.78 is 31.7. The van der Waals surface area contributed by atoms with E-state index in [4.69, 9.17) is 10.00 Å². The summed E-state index contributed by atoms with van der Waals surface area (Å²) in [7, 11) is -3.98. The quantitative estimate of drug-likeness (QED) is 0.504. The number of nitrogens with zero attached hydrogens (tertiary/aromatic N) is 3. The summed E-state index contributed by atoms with van der Waals surface area (Å²) in [6, 6.07) is 17.5. The number of benzene rings is 2. The van der Waals surface area contributed by atoms with E-state index in [1.807, 2.05) is 36.4 Å². The summed E-state index contributed by atoms with van der Waals surface area (Å²) in [4.78, 5) is 14.5. The van der Waals surface area contributed by atoms with Crippen molar-refractivity contribution in [2.75, 3.05) is 44.3 Å². The van der Waals surface area contributed by atoms with E-state index in [1.165, 1.54) is 4.31 Å². The molecule has 0 spiro atoms. The molecule has 0 saturated carbocycles. The van der Waals surface area contributed by atoms with E-state index in [0.717, 1.165) is 16.8 Å². The maximum absolute atomic E-state index is 13.4. The lowest BCUT2D eigenvalue weighted by atomic mass is 9.98. The molecule has 2 aliphatic heterocycles. The highest BCUT2D eigenvalue weighted by Gasteiger charge is 2.54. The Labute approximate surface area is 193 Å². The first-order valence-electron chi connectivity index (χ1n) is 10.8. The molecule has 0 unspecified atom stereocenters. The molecule has 0 aliphatic carbocycles. The van der Waals surface area contributed by atoms with E-state index in [9.17, 15) is 18.4 Å². The van der Waals surface area contributed by atoms with Crippen molar-refractivity contribution in [1.82, 2.24) is 9.79 Å². The Morgan fingerprint density at radius 1 is 0.970 bits per heavy atom. The van der Waals surface area contributed by atoms with Gasteiger partial charge in [-0.3, -0.25) is 10.0 Å². The van der Waals surface area contributed by atoms with Gasteiger partial charge >= 0.3 is 0 Å². The van der Waals surface area contributed by atoms with Crippen LogP contribution in [0.1, 0.15) is 18.4 Å². The Morgan fingerprint density at radius 3 is 2.03 bits per heavy atom. The number of hydrogen-bond acceptors (Lipinski definition) is 7. The number of ether oxygens (including phenoxy) is 1. The fourth-order valence-corrected chi connectivity index (χ4v) is 6.54. The molecule has 1 amide bonds. The van der Waals surface area contributed by atoms with E-state index in [0.29, 0.717) is 18.7 Å². The first-order chi connectivity index (χ1) is 15.9. The van der Waals surface area contributed by atoms with Crippen molar-refractivity contribution < 1.29 is 23.2 Å². The highest BCUT2D eigenvalue weighted by molar-refractivity contribution is 7.91. The van der Waals surface area contributed by atoms with Crippen molar-refractivity contribution in [2.45, 2.75) is 17.6 Å². The van der Waals surface area contributed by atoms with Crippen LogP contribution in [0.5, 0.6) is 0 Å². The van der Waals surface area contributed by atoms with Crippen molar-refractivity contribution in [1.29, 1.82) is 5.26 Å². The number of anilines is 1. The van der Waals surface area contributed by atoms with Crippen LogP contribution in [0.4, 0.5) is 5.69 Å². The van der Waals surface area contributed by atoms with Gasteiger partial charge in [0.25, 0.3) is 5.91 Å². The number of piperazine rings is 1. The number of nitrogens with one attached hydrogen (secondary N) is 1. The van der Waals surface area contributed by atoms with Gasteiger partial charge in [-0.1, -0.05) is 24.3 Å². The van der Waals surface area contributed by atoms with Crippen molar-refractivity contribution in [3.8, 4) is 17.2 Å². The average Bonchev–Trinajstić information content (AvgIpc) is 2.88. The van der Waals surface area contributed by atoms with Crippen LogP contribution in [-0.4, -0.2) is 68.0 Å². The minimum atomic E-state index is -3.98. The summed E-state index contributed by atoms with van der Waals surface area (Å²) in [5, 5.41) is 18.1. The molecule has 2 fully saturated rings. The molecule has 2 aromatic rings. The van der Waals surface area contributed by atoms with Crippen molar-refractivity contribution in [3.63, 3.8) is 0 Å². The molecule has 0 bridgehead atoms. The number of nitriles is 1. The van der Waals surface area contributed by atoms with Gasteiger partial charge in [0, 0.05) is 57.9 Å². The molecule has 174 valence electrons. The second-order valence-corrected chi connectivity index (χ2v) is 10.4. The first-order valence-corrected chi connectivity index (χ1v) is 12.2. The van der Waals surface area contributed by atoms with Crippen LogP contribution in [0.25, 0.3) is 11.1 Å². The zero-order valence-corrected chi connectivity index (χ0v) is 18.9. The molecule has 33 heavy (non-hydrogen) atoms. The highest BCUT2D eigenvalue weighted by atomic mass is 32.2. The molecule has 0 aromatic heterocycles. The maximum atomic E-state index is 13.4. The SMILES string of the molecule is N#Cc1ccc(-c2ccc(N3CCN(S(=O)(=O)C4(C(=O)NO)CCOCC4)CC3)cc2)cc1. The molecule has 2 N–H and O–H groups in total. The van der Waals surface area contributed by atoms with Gasteiger partial charge < -0.3 is 9.64 Å². The second kappa shape index (κ2) is 9.49. The van der Waals surface area contributed by atoms with Crippen molar-refractivity contribution in [2.24, 2.45) is 0 Å². The van der Waals surface area contributed by atoms with E-state index in [-0.39, 0.29) is 39.1 Å². The van der Waals surface area contributed by atoms with Crippen LogP contribution in [-0.2, 0) is 19.6 Å². The number of hydrogen-bond donors (Lipinski definition) is 2. The molecule has 9 nitrogen and oxygen atoms in total. The van der Waals surface area contributed by atoms with Crippen molar-refractivity contribution in [3.05, 3.63) is 54.1 Å². The van der Waals surface area contributed by atoms with E-state index in [2.05, 4.69) is 11.0 Å². The van der Waals surface area contributed by atoms with Gasteiger partial charge in [0.1, 0.15) is 0 Å². The van der Waals surface area contributed by atoms with Crippen LogP contribution in [0.2, 0.25) is 0 Å². The van der Waals surface area contributed by atoms with Gasteiger partial charge in [0.2, 0.25) is 10.0 Å². The summed E-state index contributed by atoms with van der Waals surface area (Å²) >= 11 is 0. The van der Waals surface area contributed by atoms with Gasteiger partial charge in [-0.2, -0.15) is 9.57 Å². The Morgan fingerprint density at radius 2 is 1.52 bits per heavy atom. The number of sulfonamides is 1. The largest absolute Gasteiger partial charge is 0.381 e. The van der Waals surface area contributed by atoms with Gasteiger partial charge in [0.15, 0.2) is 4.75 Å². The molecule has 2 aliphatic rings. The zero-order valence-electron chi connectivity index (χ0n) is 18.1. The van der Waals surface area contributed by atoms with Gasteiger partial charge in [-0.25, -0.2) is 13.9 Å². The van der Waals surface area contributed by atoms with Crippen LogP contribution in [0.15, 0.2) is 48.5 Å². The first kappa shape index (κ1) is 23.2. The Balaban J connectivity index is 1.45. The average molecular weight is 471 g/mol. The topological polar surface area (TPSA) is 123 Å². The third kappa shape index (κ3) is 4.32. The number of amides is 1. The molecule has 2 heterocycles. The molecular weight excluding hydrogens is 444 g/mol. The van der Waals surface area contributed by atoms with Gasteiger partial charge in [-0.15, -0.1) is 0 Å². The minimum Gasteiger partial charge on any atom is -0.381 e. The van der Waals surface area contributed by atoms with Crippen LogP contribution >= 0.6 is 0 Å². The maximum Gasteiger partial charge on any atom is 0.266 e. The summed E-state index contributed by atoms with van der Waals surface area (Å²) in [5.41, 5.74) is 5.19. The predicted octanol–water partition coefficient (Wildman–Crippen LogP) is 1.73. The monoisotopic (exact) mass is 470 g/mol. The lowest BCUT2D eigenvalue weighted by Gasteiger charge is -2.42.